The van der Waals surface area contributed by atoms with E-state index in [-0.39, 0.29) is 11.3 Å². The van der Waals surface area contributed by atoms with Gasteiger partial charge in [0.25, 0.3) is 0 Å². The molecule has 0 aliphatic rings. The largest absolute Gasteiger partial charge is 0.496 e. The maximum atomic E-state index is 14.0. The second kappa shape index (κ2) is 5.26. The summed E-state index contributed by atoms with van der Waals surface area (Å²) in [4.78, 5) is 24.0. The van der Waals surface area contributed by atoms with Crippen LogP contribution in [-0.2, 0) is 15.1 Å². The Labute approximate surface area is 110 Å². The molecule has 0 heterocycles. The minimum atomic E-state index is -1.84. The second-order valence-corrected chi connectivity index (χ2v) is 4.27. The van der Waals surface area contributed by atoms with Gasteiger partial charge >= 0.3 is 5.97 Å². The van der Waals surface area contributed by atoms with Crippen molar-refractivity contribution in [1.82, 2.24) is 4.90 Å². The fourth-order valence-corrected chi connectivity index (χ4v) is 1.88. The van der Waals surface area contributed by atoms with Crippen LogP contribution in [0, 0.1) is 5.82 Å². The molecule has 0 fully saturated rings. The summed E-state index contributed by atoms with van der Waals surface area (Å²) in [5.74, 6) is -2.49. The molecule has 19 heavy (non-hydrogen) atoms. The number of hydrogen-bond donors (Lipinski definition) is 1. The molecule has 6 heteroatoms. The van der Waals surface area contributed by atoms with Gasteiger partial charge in [-0.25, -0.2) is 9.18 Å². The number of methoxy groups -OCH3 is 1. The highest BCUT2D eigenvalue weighted by atomic mass is 19.1. The number of carbonyl (C=O) groups is 2. The molecular weight excluding hydrogens is 253 g/mol. The lowest BCUT2D eigenvalue weighted by Gasteiger charge is -2.35. The summed E-state index contributed by atoms with van der Waals surface area (Å²) in [7, 11) is 2.62. The molecule has 5 nitrogen and oxygen atoms in total. The van der Waals surface area contributed by atoms with E-state index in [4.69, 9.17) is 4.74 Å². The molecule has 104 valence electrons. The quantitative estimate of drug-likeness (QED) is 0.901. The highest BCUT2D eigenvalue weighted by molar-refractivity contribution is 5.87. The Morgan fingerprint density at radius 3 is 2.42 bits per heavy atom. The lowest BCUT2D eigenvalue weighted by Crippen LogP contribution is -2.50. The lowest BCUT2D eigenvalue weighted by molar-refractivity contribution is -0.156. The highest BCUT2D eigenvalue weighted by Crippen LogP contribution is 2.36. The Kier molecular flexibility index (Phi) is 4.14. The molecule has 1 amide bonds. The van der Waals surface area contributed by atoms with Crippen LogP contribution in [0.5, 0.6) is 5.75 Å². The minimum absolute atomic E-state index is 0.0815. The van der Waals surface area contributed by atoms with Crippen molar-refractivity contribution in [2.75, 3.05) is 14.2 Å². The molecule has 0 aliphatic carbocycles. The first-order valence-electron chi connectivity index (χ1n) is 5.57. The zero-order valence-electron chi connectivity index (χ0n) is 11.2. The van der Waals surface area contributed by atoms with E-state index in [1.54, 1.807) is 0 Å². The van der Waals surface area contributed by atoms with Gasteiger partial charge in [0.1, 0.15) is 11.6 Å². The summed E-state index contributed by atoms with van der Waals surface area (Å²) >= 11 is 0. The first-order chi connectivity index (χ1) is 8.76. The van der Waals surface area contributed by atoms with Crippen LogP contribution < -0.4 is 4.74 Å². The van der Waals surface area contributed by atoms with Gasteiger partial charge in [0, 0.05) is 14.0 Å². The molecule has 1 N–H and O–H groups in total. The van der Waals surface area contributed by atoms with Gasteiger partial charge < -0.3 is 14.7 Å². The summed E-state index contributed by atoms with van der Waals surface area (Å²) in [6.45, 7) is 2.48. The number of likely N-dealkylation sites (N-methyl/N-ethyl adjacent to an activating group) is 1. The lowest BCUT2D eigenvalue weighted by atomic mass is 9.89. The third-order valence-corrected chi connectivity index (χ3v) is 3.24. The molecule has 0 radical (unpaired) electrons. The van der Waals surface area contributed by atoms with Gasteiger partial charge in [-0.3, -0.25) is 4.79 Å². The Balaban J connectivity index is 3.60. The topological polar surface area (TPSA) is 66.8 Å². The second-order valence-electron chi connectivity index (χ2n) is 4.27. The maximum absolute atomic E-state index is 14.0. The number of hydrogen-bond acceptors (Lipinski definition) is 3. The zero-order chi connectivity index (χ0) is 14.8. The number of nitrogens with zero attached hydrogens (tertiary/aromatic N) is 1. The molecule has 0 spiro atoms. The third kappa shape index (κ3) is 2.38. The molecule has 0 bridgehead atoms. The van der Waals surface area contributed by atoms with E-state index in [1.807, 2.05) is 0 Å². The summed E-state index contributed by atoms with van der Waals surface area (Å²) in [5, 5.41) is 9.43. The number of amides is 1. The van der Waals surface area contributed by atoms with Crippen molar-refractivity contribution in [2.45, 2.75) is 19.4 Å². The normalized spacial score (nSPS) is 13.5. The average molecular weight is 269 g/mol. The van der Waals surface area contributed by atoms with E-state index in [1.165, 1.54) is 40.1 Å². The molecule has 1 aromatic carbocycles. The van der Waals surface area contributed by atoms with Gasteiger partial charge in [-0.2, -0.15) is 0 Å². The van der Waals surface area contributed by atoms with E-state index in [9.17, 15) is 19.1 Å². The highest BCUT2D eigenvalue weighted by Gasteiger charge is 2.45. The van der Waals surface area contributed by atoms with E-state index in [2.05, 4.69) is 0 Å². The van der Waals surface area contributed by atoms with Crippen molar-refractivity contribution in [1.29, 1.82) is 0 Å². The summed E-state index contributed by atoms with van der Waals surface area (Å²) in [6, 6.07) is 3.99. The fraction of sp³-hybridized carbons (Fsp3) is 0.385. The molecule has 0 saturated carbocycles. The van der Waals surface area contributed by atoms with Gasteiger partial charge in [-0.1, -0.05) is 6.07 Å². The number of carboxylic acid groups (broad SMARTS) is 1. The van der Waals surface area contributed by atoms with E-state index in [0.717, 1.165) is 11.0 Å². The predicted molar refractivity (Wildman–Crippen MR) is 66.4 cm³/mol. The van der Waals surface area contributed by atoms with Crippen molar-refractivity contribution < 1.29 is 23.8 Å². The Morgan fingerprint density at radius 1 is 1.42 bits per heavy atom. The van der Waals surface area contributed by atoms with Crippen molar-refractivity contribution in [3.05, 3.63) is 29.6 Å². The third-order valence-electron chi connectivity index (χ3n) is 3.24. The number of carbonyl (C=O) groups excluding carboxylic acids is 1. The number of aliphatic carboxylic acids is 1. The predicted octanol–water partition coefficient (Wildman–Crippen LogP) is 1.61. The van der Waals surface area contributed by atoms with Crippen LogP contribution in [-0.4, -0.2) is 36.0 Å². The Hall–Kier alpha value is -2.11. The van der Waals surface area contributed by atoms with E-state index < -0.39 is 23.2 Å². The van der Waals surface area contributed by atoms with Crippen LogP contribution in [0.25, 0.3) is 0 Å². The van der Waals surface area contributed by atoms with Crippen molar-refractivity contribution in [3.8, 4) is 5.75 Å². The van der Waals surface area contributed by atoms with Gasteiger partial charge in [0.2, 0.25) is 5.91 Å². The van der Waals surface area contributed by atoms with Gasteiger partial charge in [-0.15, -0.1) is 0 Å². The number of halogens is 1. The van der Waals surface area contributed by atoms with Crippen molar-refractivity contribution >= 4 is 11.9 Å². The minimum Gasteiger partial charge on any atom is -0.496 e. The first kappa shape index (κ1) is 14.9. The molecule has 0 aromatic heterocycles. The summed E-state index contributed by atoms with van der Waals surface area (Å²) < 4.78 is 19.0. The standard InChI is InChI=1S/C13H16FNO4/c1-8(16)15(3)13(2,12(17)18)11-9(14)6-5-7-10(11)19-4/h5-7H,1-4H3,(H,17,18). The van der Waals surface area contributed by atoms with Crippen molar-refractivity contribution in [2.24, 2.45) is 0 Å². The van der Waals surface area contributed by atoms with E-state index in [0.29, 0.717) is 0 Å². The number of benzene rings is 1. The van der Waals surface area contributed by atoms with Crippen LogP contribution >= 0.6 is 0 Å². The SMILES string of the molecule is COc1cccc(F)c1C(C)(C(=O)O)N(C)C(C)=O. The van der Waals surface area contributed by atoms with Crippen LogP contribution in [0.1, 0.15) is 19.4 Å². The van der Waals surface area contributed by atoms with Gasteiger partial charge in [0.05, 0.1) is 12.7 Å². The van der Waals surface area contributed by atoms with Gasteiger partial charge in [0.15, 0.2) is 5.54 Å². The average Bonchev–Trinajstić information content (AvgIpc) is 2.36. The fourth-order valence-electron chi connectivity index (χ4n) is 1.88. The Morgan fingerprint density at radius 2 is 2.00 bits per heavy atom. The van der Waals surface area contributed by atoms with Crippen LogP contribution in [0.4, 0.5) is 4.39 Å². The molecule has 1 atom stereocenters. The number of rotatable bonds is 4. The molecular formula is C13H16FNO4. The molecule has 0 saturated heterocycles. The van der Waals surface area contributed by atoms with Crippen LogP contribution in [0.15, 0.2) is 18.2 Å². The zero-order valence-corrected chi connectivity index (χ0v) is 11.2. The maximum Gasteiger partial charge on any atom is 0.334 e. The first-order valence-corrected chi connectivity index (χ1v) is 5.57. The van der Waals surface area contributed by atoms with Crippen LogP contribution in [0.3, 0.4) is 0 Å². The van der Waals surface area contributed by atoms with Crippen LogP contribution in [0.2, 0.25) is 0 Å². The number of ether oxygens (including phenoxy) is 1. The molecule has 1 unspecified atom stereocenters. The van der Waals surface area contributed by atoms with Crippen molar-refractivity contribution in [3.63, 3.8) is 0 Å². The monoisotopic (exact) mass is 269 g/mol. The molecule has 1 aromatic rings. The summed E-state index contributed by atoms with van der Waals surface area (Å²) in [5.41, 5.74) is -2.02. The molecule has 1 rings (SSSR count). The van der Waals surface area contributed by atoms with E-state index >= 15 is 0 Å². The molecule has 0 aliphatic heterocycles. The Bertz CT molecular complexity index is 517. The number of carboxylic acids is 1. The summed E-state index contributed by atoms with van der Waals surface area (Å²) in [6.07, 6.45) is 0. The smallest absolute Gasteiger partial charge is 0.334 e. The van der Waals surface area contributed by atoms with Gasteiger partial charge in [-0.05, 0) is 19.1 Å².